The minimum absolute atomic E-state index is 0.208. The highest BCUT2D eigenvalue weighted by molar-refractivity contribution is 5.99. The molecule has 1 amide bonds. The molecule has 2 aromatic heterocycles. The normalized spacial score (nSPS) is 22.3. The number of methoxy groups -OCH3 is 1. The Morgan fingerprint density at radius 1 is 1.46 bits per heavy atom. The molecule has 1 aromatic carbocycles. The Labute approximate surface area is 150 Å². The first-order chi connectivity index (χ1) is 12.6. The number of nitrogens with one attached hydrogen (secondary N) is 1. The molecule has 0 radical (unpaired) electrons. The van der Waals surface area contributed by atoms with E-state index in [1.807, 2.05) is 37.4 Å². The molecule has 3 atom stereocenters. The Kier molecular flexibility index (Phi) is 4.26. The van der Waals surface area contributed by atoms with E-state index in [2.05, 4.69) is 10.4 Å². The van der Waals surface area contributed by atoms with E-state index in [0.717, 1.165) is 16.5 Å². The summed E-state index contributed by atoms with van der Waals surface area (Å²) in [5, 5.41) is 18.2. The van der Waals surface area contributed by atoms with Crippen LogP contribution in [0.4, 0.5) is 0 Å². The van der Waals surface area contributed by atoms with Crippen molar-refractivity contribution < 1.29 is 19.1 Å². The zero-order chi connectivity index (χ0) is 18.3. The number of fused-ring (bicyclic) bond motifs is 1. The summed E-state index contributed by atoms with van der Waals surface area (Å²) in [6, 6.07) is 7.02. The summed E-state index contributed by atoms with van der Waals surface area (Å²) in [5.74, 6) is -0.0520. The molecule has 0 unspecified atom stereocenters. The third-order valence-corrected chi connectivity index (χ3v) is 4.85. The number of carbonyl (C=O) groups excluding carboxylic acids is 1. The lowest BCUT2D eigenvalue weighted by Gasteiger charge is -2.41. The van der Waals surface area contributed by atoms with E-state index in [0.29, 0.717) is 12.0 Å². The lowest BCUT2D eigenvalue weighted by Crippen LogP contribution is -2.56. The maximum atomic E-state index is 12.8. The number of hydrogen-bond acceptors (Lipinski definition) is 5. The predicted octanol–water partition coefficient (Wildman–Crippen LogP) is 2.19. The number of amides is 1. The highest BCUT2D eigenvalue weighted by atomic mass is 16.5. The zero-order valence-corrected chi connectivity index (χ0v) is 14.7. The molecule has 2 N–H and O–H groups in total. The van der Waals surface area contributed by atoms with E-state index in [-0.39, 0.29) is 30.4 Å². The van der Waals surface area contributed by atoms with Gasteiger partial charge in [0.1, 0.15) is 5.58 Å². The number of carbonyl (C=O) groups is 1. The van der Waals surface area contributed by atoms with Gasteiger partial charge in [-0.25, -0.2) is 0 Å². The minimum Gasteiger partial charge on any atom is -0.451 e. The molecule has 0 bridgehead atoms. The number of benzene rings is 1. The van der Waals surface area contributed by atoms with Gasteiger partial charge in [-0.3, -0.25) is 9.48 Å². The van der Waals surface area contributed by atoms with Gasteiger partial charge in [-0.2, -0.15) is 5.10 Å². The molecule has 7 heteroatoms. The van der Waals surface area contributed by atoms with E-state index in [1.165, 1.54) is 0 Å². The number of nitrogens with zero attached hydrogens (tertiary/aromatic N) is 2. The first-order valence-electron chi connectivity index (χ1n) is 8.57. The first-order valence-corrected chi connectivity index (χ1v) is 8.57. The van der Waals surface area contributed by atoms with Crippen LogP contribution in [0.1, 0.15) is 34.1 Å². The molecule has 1 saturated carbocycles. The fraction of sp³-hybridized carbons (Fsp3) is 0.368. The van der Waals surface area contributed by atoms with Crippen LogP contribution >= 0.6 is 0 Å². The van der Waals surface area contributed by atoms with Crippen molar-refractivity contribution in [2.45, 2.75) is 38.1 Å². The SMILES string of the molecule is COCc1c(C(=O)N[C@H]2C[C@@H](O)[C@@H]2n2cc(C)cn2)oc2ccccc12. The highest BCUT2D eigenvalue weighted by Crippen LogP contribution is 2.33. The van der Waals surface area contributed by atoms with Crippen molar-refractivity contribution in [3.63, 3.8) is 0 Å². The van der Waals surface area contributed by atoms with Crippen molar-refractivity contribution >= 4 is 16.9 Å². The molecule has 0 saturated heterocycles. The summed E-state index contributed by atoms with van der Waals surface area (Å²) >= 11 is 0. The first kappa shape index (κ1) is 16.8. The van der Waals surface area contributed by atoms with Gasteiger partial charge in [-0.15, -0.1) is 0 Å². The zero-order valence-electron chi connectivity index (χ0n) is 14.7. The Morgan fingerprint density at radius 3 is 2.96 bits per heavy atom. The van der Waals surface area contributed by atoms with Gasteiger partial charge in [-0.1, -0.05) is 18.2 Å². The highest BCUT2D eigenvalue weighted by Gasteiger charge is 2.43. The third kappa shape index (κ3) is 2.79. The average Bonchev–Trinajstić information content (AvgIpc) is 3.19. The van der Waals surface area contributed by atoms with Gasteiger partial charge in [0, 0.05) is 24.3 Å². The van der Waals surface area contributed by atoms with Gasteiger partial charge < -0.3 is 19.6 Å². The molecule has 1 aliphatic rings. The van der Waals surface area contributed by atoms with Gasteiger partial charge in [0.25, 0.3) is 5.91 Å². The second-order valence-corrected chi connectivity index (χ2v) is 6.71. The summed E-state index contributed by atoms with van der Waals surface area (Å²) in [7, 11) is 1.59. The Balaban J connectivity index is 1.58. The largest absolute Gasteiger partial charge is 0.451 e. The Morgan fingerprint density at radius 2 is 2.27 bits per heavy atom. The smallest absolute Gasteiger partial charge is 0.287 e. The number of aryl methyl sites for hydroxylation is 1. The molecule has 7 nitrogen and oxygen atoms in total. The molecular formula is C19H21N3O4. The molecule has 0 spiro atoms. The number of aliphatic hydroxyl groups is 1. The van der Waals surface area contributed by atoms with Crippen LogP contribution in [0.5, 0.6) is 0 Å². The molecule has 0 aliphatic heterocycles. The van der Waals surface area contributed by atoms with Crippen LogP contribution in [0, 0.1) is 6.92 Å². The van der Waals surface area contributed by atoms with Gasteiger partial charge in [-0.05, 0) is 25.0 Å². The summed E-state index contributed by atoms with van der Waals surface area (Å²) in [5.41, 5.74) is 2.39. The number of furan rings is 1. The molecule has 26 heavy (non-hydrogen) atoms. The van der Waals surface area contributed by atoms with Gasteiger partial charge in [0.2, 0.25) is 0 Å². The predicted molar refractivity (Wildman–Crippen MR) is 94.8 cm³/mol. The maximum absolute atomic E-state index is 12.8. The molecule has 4 rings (SSSR count). The number of hydrogen-bond donors (Lipinski definition) is 2. The molecule has 3 aromatic rings. The molecule has 1 aliphatic carbocycles. The van der Waals surface area contributed by atoms with Gasteiger partial charge in [0.05, 0.1) is 31.0 Å². The lowest BCUT2D eigenvalue weighted by atomic mass is 9.83. The van der Waals surface area contributed by atoms with E-state index in [1.54, 1.807) is 18.0 Å². The van der Waals surface area contributed by atoms with E-state index in [9.17, 15) is 9.90 Å². The van der Waals surface area contributed by atoms with Crippen LogP contribution in [0.2, 0.25) is 0 Å². The average molecular weight is 355 g/mol. The number of aliphatic hydroxyl groups excluding tert-OH is 1. The number of para-hydroxylation sites is 1. The van der Waals surface area contributed by atoms with Crippen molar-refractivity contribution in [1.82, 2.24) is 15.1 Å². The second-order valence-electron chi connectivity index (χ2n) is 6.71. The number of ether oxygens (including phenoxy) is 1. The standard InChI is InChI=1S/C19H21N3O4/c1-11-8-20-22(9-11)17-14(7-15(17)23)21-19(24)18-13(10-25-2)12-5-3-4-6-16(12)26-18/h3-6,8-9,14-15,17,23H,7,10H2,1-2H3,(H,21,24)/t14-,15+,17+/m0/s1. The summed E-state index contributed by atoms with van der Waals surface area (Å²) in [4.78, 5) is 12.8. The van der Waals surface area contributed by atoms with Crippen LogP contribution in [-0.2, 0) is 11.3 Å². The van der Waals surface area contributed by atoms with E-state index >= 15 is 0 Å². The number of rotatable bonds is 5. The summed E-state index contributed by atoms with van der Waals surface area (Å²) < 4.78 is 12.7. The molecule has 1 fully saturated rings. The quantitative estimate of drug-likeness (QED) is 0.732. The maximum Gasteiger partial charge on any atom is 0.287 e. The number of aromatic nitrogens is 2. The monoisotopic (exact) mass is 355 g/mol. The van der Waals surface area contributed by atoms with Crippen LogP contribution in [0.25, 0.3) is 11.0 Å². The van der Waals surface area contributed by atoms with Crippen molar-refractivity contribution in [2.24, 2.45) is 0 Å². The van der Waals surface area contributed by atoms with Crippen molar-refractivity contribution in [1.29, 1.82) is 0 Å². The van der Waals surface area contributed by atoms with Crippen molar-refractivity contribution in [3.05, 3.63) is 53.5 Å². The van der Waals surface area contributed by atoms with Gasteiger partial charge in [0.15, 0.2) is 5.76 Å². The van der Waals surface area contributed by atoms with Crippen LogP contribution < -0.4 is 5.32 Å². The lowest BCUT2D eigenvalue weighted by molar-refractivity contribution is -0.00628. The summed E-state index contributed by atoms with van der Waals surface area (Å²) in [6.07, 6.45) is 3.55. The molecule has 2 heterocycles. The fourth-order valence-corrected chi connectivity index (χ4v) is 3.52. The fourth-order valence-electron chi connectivity index (χ4n) is 3.52. The summed E-state index contributed by atoms with van der Waals surface area (Å²) in [6.45, 7) is 2.22. The van der Waals surface area contributed by atoms with E-state index in [4.69, 9.17) is 9.15 Å². The molecular weight excluding hydrogens is 334 g/mol. The third-order valence-electron chi connectivity index (χ3n) is 4.85. The van der Waals surface area contributed by atoms with Crippen molar-refractivity contribution in [2.75, 3.05) is 7.11 Å². The minimum atomic E-state index is -0.534. The second kappa shape index (κ2) is 6.59. The van der Waals surface area contributed by atoms with Crippen LogP contribution in [-0.4, -0.2) is 40.0 Å². The Hall–Kier alpha value is -2.64. The molecule has 136 valence electrons. The van der Waals surface area contributed by atoms with Crippen molar-refractivity contribution in [3.8, 4) is 0 Å². The Bertz CT molecular complexity index is 945. The van der Waals surface area contributed by atoms with Crippen LogP contribution in [0.15, 0.2) is 41.1 Å². The van der Waals surface area contributed by atoms with Crippen LogP contribution in [0.3, 0.4) is 0 Å². The van der Waals surface area contributed by atoms with E-state index < -0.39 is 6.10 Å². The van der Waals surface area contributed by atoms with Gasteiger partial charge >= 0.3 is 0 Å². The topological polar surface area (TPSA) is 89.5 Å².